The van der Waals surface area contributed by atoms with Crippen molar-refractivity contribution in [1.82, 2.24) is 20.2 Å². The Bertz CT molecular complexity index is 1300. The number of hydrogen-bond donors (Lipinski definition) is 1. The normalized spacial score (nSPS) is 14.2. The average Bonchev–Trinajstić information content (AvgIpc) is 2.92. The van der Waals surface area contributed by atoms with Gasteiger partial charge in [0.25, 0.3) is 12.3 Å². The lowest BCUT2D eigenvalue weighted by Crippen LogP contribution is -2.36. The summed E-state index contributed by atoms with van der Waals surface area (Å²) in [7, 11) is 3.97. The highest BCUT2D eigenvalue weighted by molar-refractivity contribution is 6.32. The van der Waals surface area contributed by atoms with E-state index in [1.807, 2.05) is 14.1 Å². The molecule has 1 amide bonds. The molecule has 0 bridgehead atoms. The third kappa shape index (κ3) is 7.65. The van der Waals surface area contributed by atoms with Crippen LogP contribution >= 0.6 is 23.2 Å². The number of nitrogens with zero attached hydrogens (tertiary/aromatic N) is 3. The third-order valence-electron chi connectivity index (χ3n) is 6.65. The molecule has 0 saturated heterocycles. The van der Waals surface area contributed by atoms with E-state index in [2.05, 4.69) is 20.2 Å². The smallest absolute Gasteiger partial charge is 0.270 e. The first-order valence-electron chi connectivity index (χ1n) is 13.1. The molecule has 0 spiro atoms. The highest BCUT2D eigenvalue weighted by Gasteiger charge is 2.23. The molecule has 0 atom stereocenters. The maximum absolute atomic E-state index is 14.0. The van der Waals surface area contributed by atoms with Crippen molar-refractivity contribution >= 4 is 29.1 Å². The van der Waals surface area contributed by atoms with Gasteiger partial charge in [-0.25, -0.2) is 13.8 Å². The molecule has 3 aromatic rings. The Hall–Kier alpha value is -2.81. The largest absolute Gasteiger partial charge is 0.492 e. The number of benzene rings is 1. The summed E-state index contributed by atoms with van der Waals surface area (Å²) in [6, 6.07) is 9.54. The lowest BCUT2D eigenvalue weighted by atomic mass is 9.95. The number of pyridine rings is 2. The van der Waals surface area contributed by atoms with Gasteiger partial charge in [-0.1, -0.05) is 48.5 Å². The second kappa shape index (κ2) is 13.5. The SMILES string of the molecule is CN(C)CCCOc1cc(-c2nc(C(=O)NC3CCCCC3)ccc2-c2ncc(Cl)cc2C(F)F)ccc1Cl. The van der Waals surface area contributed by atoms with Gasteiger partial charge in [0.15, 0.2) is 0 Å². The topological polar surface area (TPSA) is 67.3 Å². The summed E-state index contributed by atoms with van der Waals surface area (Å²) >= 11 is 12.4. The van der Waals surface area contributed by atoms with Crippen molar-refractivity contribution < 1.29 is 18.3 Å². The highest BCUT2D eigenvalue weighted by atomic mass is 35.5. The molecule has 6 nitrogen and oxygen atoms in total. The quantitative estimate of drug-likeness (QED) is 0.254. The van der Waals surface area contributed by atoms with Crippen LogP contribution in [0.3, 0.4) is 0 Å². The van der Waals surface area contributed by atoms with Crippen molar-refractivity contribution in [3.63, 3.8) is 0 Å². The van der Waals surface area contributed by atoms with Crippen molar-refractivity contribution in [2.75, 3.05) is 27.2 Å². The molecule has 2 aromatic heterocycles. The fourth-order valence-electron chi connectivity index (χ4n) is 4.67. The zero-order valence-electron chi connectivity index (χ0n) is 22.0. The number of ether oxygens (including phenoxy) is 1. The molecular weight excluding hydrogens is 545 g/mol. The Morgan fingerprint density at radius 1 is 1.10 bits per heavy atom. The number of alkyl halides is 2. The molecule has 0 aliphatic heterocycles. The van der Waals surface area contributed by atoms with E-state index in [0.29, 0.717) is 34.2 Å². The minimum atomic E-state index is -2.81. The van der Waals surface area contributed by atoms with Crippen LogP contribution in [0, 0.1) is 0 Å². The number of rotatable bonds is 10. The summed E-state index contributed by atoms with van der Waals surface area (Å²) in [6.07, 6.45) is 4.46. The molecule has 208 valence electrons. The van der Waals surface area contributed by atoms with Gasteiger partial charge in [0.05, 0.1) is 28.0 Å². The van der Waals surface area contributed by atoms with Crippen LogP contribution in [0.1, 0.15) is 61.0 Å². The summed E-state index contributed by atoms with van der Waals surface area (Å²) in [5.74, 6) is 0.137. The van der Waals surface area contributed by atoms with E-state index in [0.717, 1.165) is 38.6 Å². The third-order valence-corrected chi connectivity index (χ3v) is 7.17. The molecule has 1 aliphatic rings. The van der Waals surface area contributed by atoms with Gasteiger partial charge in [-0.05, 0) is 63.7 Å². The standard InChI is InChI=1S/C29H32Cl2F2N4O2/c1-37(2)13-6-14-39-25-15-18(9-11-23(25)31)26-21(27-22(28(32)33)16-19(30)17-34-27)10-12-24(36-26)29(38)35-20-7-4-3-5-8-20/h9-12,15-17,20,28H,3-8,13-14H2,1-2H3,(H,35,38). The second-order valence-corrected chi connectivity index (χ2v) is 10.8. The first-order chi connectivity index (χ1) is 18.7. The predicted octanol–water partition coefficient (Wildman–Crippen LogP) is 7.45. The predicted molar refractivity (Wildman–Crippen MR) is 151 cm³/mol. The fourth-order valence-corrected chi connectivity index (χ4v) is 5.01. The Labute approximate surface area is 237 Å². The number of aromatic nitrogens is 2. The Balaban J connectivity index is 1.75. The maximum atomic E-state index is 14.0. The fraction of sp³-hybridized carbons (Fsp3) is 0.414. The van der Waals surface area contributed by atoms with Crippen LogP contribution in [-0.2, 0) is 0 Å². The van der Waals surface area contributed by atoms with E-state index in [9.17, 15) is 13.6 Å². The molecule has 10 heteroatoms. The number of nitrogens with one attached hydrogen (secondary N) is 1. The lowest BCUT2D eigenvalue weighted by Gasteiger charge is -2.23. The summed E-state index contributed by atoms with van der Waals surface area (Å²) in [4.78, 5) is 24.1. The molecule has 0 unspecified atom stereocenters. The maximum Gasteiger partial charge on any atom is 0.270 e. The molecule has 1 N–H and O–H groups in total. The van der Waals surface area contributed by atoms with Crippen LogP contribution in [0.5, 0.6) is 5.75 Å². The van der Waals surface area contributed by atoms with Crippen molar-refractivity contribution in [3.05, 3.63) is 63.9 Å². The van der Waals surface area contributed by atoms with Crippen LogP contribution < -0.4 is 10.1 Å². The zero-order chi connectivity index (χ0) is 27.9. The number of carbonyl (C=O) groups excluding carboxylic acids is 1. The first-order valence-corrected chi connectivity index (χ1v) is 13.8. The van der Waals surface area contributed by atoms with Gasteiger partial charge in [-0.3, -0.25) is 9.78 Å². The van der Waals surface area contributed by atoms with Crippen LogP contribution in [0.25, 0.3) is 22.5 Å². The van der Waals surface area contributed by atoms with Gasteiger partial charge in [-0.15, -0.1) is 0 Å². The molecule has 0 radical (unpaired) electrons. The van der Waals surface area contributed by atoms with Gasteiger partial charge in [0.1, 0.15) is 11.4 Å². The first kappa shape index (κ1) is 29.2. The van der Waals surface area contributed by atoms with Gasteiger partial charge < -0.3 is 15.0 Å². The van der Waals surface area contributed by atoms with E-state index < -0.39 is 6.43 Å². The molecule has 4 rings (SSSR count). The lowest BCUT2D eigenvalue weighted by molar-refractivity contribution is 0.0922. The second-order valence-electron chi connectivity index (χ2n) is 9.94. The van der Waals surface area contributed by atoms with E-state index in [1.54, 1.807) is 24.3 Å². The van der Waals surface area contributed by atoms with Gasteiger partial charge >= 0.3 is 0 Å². The van der Waals surface area contributed by atoms with Crippen LogP contribution in [-0.4, -0.2) is 54.1 Å². The van der Waals surface area contributed by atoms with Gasteiger partial charge in [0, 0.05) is 35.5 Å². The summed E-state index contributed by atoms with van der Waals surface area (Å²) < 4.78 is 34.0. The van der Waals surface area contributed by atoms with E-state index >= 15 is 0 Å². The van der Waals surface area contributed by atoms with Crippen molar-refractivity contribution in [3.8, 4) is 28.3 Å². The van der Waals surface area contributed by atoms with Crippen molar-refractivity contribution in [2.24, 2.45) is 0 Å². The Morgan fingerprint density at radius 2 is 1.87 bits per heavy atom. The molecule has 1 saturated carbocycles. The molecular formula is C29H32Cl2F2N4O2. The number of halogens is 4. The molecule has 2 heterocycles. The minimum Gasteiger partial charge on any atom is -0.492 e. The van der Waals surface area contributed by atoms with E-state index in [-0.39, 0.29) is 33.9 Å². The van der Waals surface area contributed by atoms with E-state index in [4.69, 9.17) is 27.9 Å². The van der Waals surface area contributed by atoms with Crippen molar-refractivity contribution in [1.29, 1.82) is 0 Å². The molecule has 39 heavy (non-hydrogen) atoms. The Kier molecular flexibility index (Phi) is 10.1. The van der Waals surface area contributed by atoms with Crippen LogP contribution in [0.4, 0.5) is 8.78 Å². The minimum absolute atomic E-state index is 0.0412. The molecule has 1 fully saturated rings. The van der Waals surface area contributed by atoms with E-state index in [1.165, 1.54) is 24.8 Å². The zero-order valence-corrected chi connectivity index (χ0v) is 23.5. The van der Waals surface area contributed by atoms with Crippen LogP contribution in [0.15, 0.2) is 42.6 Å². The van der Waals surface area contributed by atoms with Crippen LogP contribution in [0.2, 0.25) is 10.0 Å². The number of amides is 1. The Morgan fingerprint density at radius 3 is 2.59 bits per heavy atom. The van der Waals surface area contributed by atoms with Gasteiger partial charge in [0.2, 0.25) is 0 Å². The summed E-state index contributed by atoms with van der Waals surface area (Å²) in [6.45, 7) is 1.29. The van der Waals surface area contributed by atoms with Gasteiger partial charge in [-0.2, -0.15) is 0 Å². The number of hydrogen-bond acceptors (Lipinski definition) is 5. The number of carbonyl (C=O) groups is 1. The average molecular weight is 578 g/mol. The molecule has 1 aliphatic carbocycles. The summed E-state index contributed by atoms with van der Waals surface area (Å²) in [5.41, 5.74) is 1.13. The molecule has 1 aromatic carbocycles. The summed E-state index contributed by atoms with van der Waals surface area (Å²) in [5, 5.41) is 3.58. The highest BCUT2D eigenvalue weighted by Crippen LogP contribution is 2.38. The van der Waals surface area contributed by atoms with Crippen molar-refractivity contribution in [2.45, 2.75) is 51.0 Å². The monoisotopic (exact) mass is 576 g/mol.